The molecule has 1 aromatic carbocycles. The standard InChI is InChI=1S/C16H24N2O2/c1-16(2)12-18(10-4-9-17-16)15(19)11-13-5-7-14(20-3)8-6-13/h5-8,17H,4,9-12H2,1-3H3. The Hall–Kier alpha value is -1.55. The summed E-state index contributed by atoms with van der Waals surface area (Å²) in [6, 6.07) is 7.71. The second-order valence-electron chi connectivity index (χ2n) is 6.00. The van der Waals surface area contributed by atoms with E-state index in [1.54, 1.807) is 7.11 Å². The molecule has 0 bridgehead atoms. The molecule has 1 aliphatic heterocycles. The minimum Gasteiger partial charge on any atom is -0.497 e. The van der Waals surface area contributed by atoms with E-state index in [0.29, 0.717) is 6.42 Å². The molecule has 4 nitrogen and oxygen atoms in total. The Morgan fingerprint density at radius 1 is 1.35 bits per heavy atom. The number of carbonyl (C=O) groups excluding carboxylic acids is 1. The van der Waals surface area contributed by atoms with Crippen LogP contribution >= 0.6 is 0 Å². The molecule has 1 N–H and O–H groups in total. The quantitative estimate of drug-likeness (QED) is 0.916. The zero-order chi connectivity index (χ0) is 14.6. The first-order chi connectivity index (χ1) is 9.50. The second-order valence-corrected chi connectivity index (χ2v) is 6.00. The summed E-state index contributed by atoms with van der Waals surface area (Å²) in [6.07, 6.45) is 1.47. The van der Waals surface area contributed by atoms with Gasteiger partial charge in [0.25, 0.3) is 0 Å². The van der Waals surface area contributed by atoms with Gasteiger partial charge in [0.05, 0.1) is 13.5 Å². The van der Waals surface area contributed by atoms with E-state index in [2.05, 4.69) is 19.2 Å². The van der Waals surface area contributed by atoms with Gasteiger partial charge in [-0.15, -0.1) is 0 Å². The number of ether oxygens (including phenoxy) is 1. The largest absolute Gasteiger partial charge is 0.497 e. The van der Waals surface area contributed by atoms with Crippen molar-refractivity contribution < 1.29 is 9.53 Å². The van der Waals surface area contributed by atoms with Gasteiger partial charge in [-0.2, -0.15) is 0 Å². The lowest BCUT2D eigenvalue weighted by atomic mass is 10.0. The number of nitrogens with zero attached hydrogens (tertiary/aromatic N) is 1. The summed E-state index contributed by atoms with van der Waals surface area (Å²) >= 11 is 0. The Labute approximate surface area is 121 Å². The van der Waals surface area contributed by atoms with E-state index in [-0.39, 0.29) is 11.4 Å². The fourth-order valence-corrected chi connectivity index (χ4v) is 2.55. The number of amides is 1. The monoisotopic (exact) mass is 276 g/mol. The van der Waals surface area contributed by atoms with Crippen LogP contribution < -0.4 is 10.1 Å². The van der Waals surface area contributed by atoms with Gasteiger partial charge in [0.2, 0.25) is 5.91 Å². The molecule has 2 rings (SSSR count). The molecular weight excluding hydrogens is 252 g/mol. The van der Waals surface area contributed by atoms with Crippen LogP contribution in [0.15, 0.2) is 24.3 Å². The molecule has 1 amide bonds. The van der Waals surface area contributed by atoms with Gasteiger partial charge < -0.3 is 15.0 Å². The van der Waals surface area contributed by atoms with Gasteiger partial charge in [-0.05, 0) is 44.5 Å². The molecule has 0 saturated carbocycles. The SMILES string of the molecule is COc1ccc(CC(=O)N2CCCNC(C)(C)C2)cc1. The summed E-state index contributed by atoms with van der Waals surface area (Å²) in [5.74, 6) is 1.02. The fraction of sp³-hybridized carbons (Fsp3) is 0.562. The topological polar surface area (TPSA) is 41.6 Å². The summed E-state index contributed by atoms with van der Waals surface area (Å²) in [5.41, 5.74) is 1.03. The molecule has 1 saturated heterocycles. The third-order valence-corrected chi connectivity index (χ3v) is 3.66. The molecule has 0 aliphatic carbocycles. The van der Waals surface area contributed by atoms with Crippen molar-refractivity contribution in [3.63, 3.8) is 0 Å². The van der Waals surface area contributed by atoms with Gasteiger partial charge >= 0.3 is 0 Å². The molecule has 0 atom stereocenters. The molecule has 1 fully saturated rings. The third kappa shape index (κ3) is 3.97. The van der Waals surface area contributed by atoms with Gasteiger partial charge in [0, 0.05) is 18.6 Å². The number of hydrogen-bond acceptors (Lipinski definition) is 3. The highest BCUT2D eigenvalue weighted by Gasteiger charge is 2.26. The average Bonchev–Trinajstić information content (AvgIpc) is 2.60. The summed E-state index contributed by atoms with van der Waals surface area (Å²) in [7, 11) is 1.65. The summed E-state index contributed by atoms with van der Waals surface area (Å²) in [4.78, 5) is 14.4. The molecule has 20 heavy (non-hydrogen) atoms. The molecular formula is C16H24N2O2. The molecule has 0 radical (unpaired) electrons. The lowest BCUT2D eigenvalue weighted by molar-refractivity contribution is -0.131. The zero-order valence-electron chi connectivity index (χ0n) is 12.6. The predicted molar refractivity (Wildman–Crippen MR) is 80.0 cm³/mol. The Balaban J connectivity index is 1.99. The highest BCUT2D eigenvalue weighted by molar-refractivity contribution is 5.79. The van der Waals surface area contributed by atoms with Gasteiger partial charge in [-0.3, -0.25) is 4.79 Å². The van der Waals surface area contributed by atoms with Crippen LogP contribution in [0.1, 0.15) is 25.8 Å². The lowest BCUT2D eigenvalue weighted by Gasteiger charge is -2.30. The Morgan fingerprint density at radius 2 is 2.05 bits per heavy atom. The first-order valence-corrected chi connectivity index (χ1v) is 7.16. The van der Waals surface area contributed by atoms with Crippen LogP contribution in [0.2, 0.25) is 0 Å². The smallest absolute Gasteiger partial charge is 0.227 e. The van der Waals surface area contributed by atoms with Crippen LogP contribution in [0.4, 0.5) is 0 Å². The van der Waals surface area contributed by atoms with Crippen LogP contribution in [0, 0.1) is 0 Å². The highest BCUT2D eigenvalue weighted by Crippen LogP contribution is 2.15. The normalized spacial score (nSPS) is 18.4. The van der Waals surface area contributed by atoms with Crippen LogP contribution in [0.5, 0.6) is 5.75 Å². The van der Waals surface area contributed by atoms with E-state index in [4.69, 9.17) is 4.74 Å². The predicted octanol–water partition coefficient (Wildman–Crippen LogP) is 1.84. The van der Waals surface area contributed by atoms with Gasteiger partial charge in [0.1, 0.15) is 5.75 Å². The summed E-state index contributed by atoms with van der Waals surface area (Å²) in [5, 5.41) is 3.47. The molecule has 110 valence electrons. The summed E-state index contributed by atoms with van der Waals surface area (Å²) < 4.78 is 5.13. The van der Waals surface area contributed by atoms with Crippen molar-refractivity contribution >= 4 is 5.91 Å². The maximum atomic E-state index is 12.4. The molecule has 1 aromatic rings. The third-order valence-electron chi connectivity index (χ3n) is 3.66. The van der Waals surface area contributed by atoms with Crippen molar-refractivity contribution in [1.29, 1.82) is 0 Å². The molecule has 0 unspecified atom stereocenters. The van der Waals surface area contributed by atoms with Crippen LogP contribution in [-0.4, -0.2) is 43.1 Å². The van der Waals surface area contributed by atoms with Crippen molar-refractivity contribution in [2.45, 2.75) is 32.2 Å². The maximum absolute atomic E-state index is 12.4. The van der Waals surface area contributed by atoms with Crippen molar-refractivity contribution in [3.05, 3.63) is 29.8 Å². The number of nitrogens with one attached hydrogen (secondary N) is 1. The molecule has 1 aliphatic rings. The maximum Gasteiger partial charge on any atom is 0.227 e. The van der Waals surface area contributed by atoms with Crippen molar-refractivity contribution in [1.82, 2.24) is 10.2 Å². The lowest BCUT2D eigenvalue weighted by Crippen LogP contribution is -2.48. The number of methoxy groups -OCH3 is 1. The van der Waals surface area contributed by atoms with E-state index >= 15 is 0 Å². The van der Waals surface area contributed by atoms with E-state index in [1.165, 1.54) is 0 Å². The molecule has 4 heteroatoms. The second kappa shape index (κ2) is 6.27. The number of carbonyl (C=O) groups is 1. The van der Waals surface area contributed by atoms with Crippen LogP contribution in [0.3, 0.4) is 0 Å². The Kier molecular flexibility index (Phi) is 4.65. The Bertz CT molecular complexity index is 454. The average molecular weight is 276 g/mol. The number of benzene rings is 1. The van der Waals surface area contributed by atoms with Gasteiger partial charge in [-0.1, -0.05) is 12.1 Å². The summed E-state index contributed by atoms with van der Waals surface area (Å²) in [6.45, 7) is 6.87. The van der Waals surface area contributed by atoms with Crippen molar-refractivity contribution in [2.24, 2.45) is 0 Å². The van der Waals surface area contributed by atoms with Crippen molar-refractivity contribution in [3.8, 4) is 5.75 Å². The van der Waals surface area contributed by atoms with E-state index < -0.39 is 0 Å². The first-order valence-electron chi connectivity index (χ1n) is 7.16. The fourth-order valence-electron chi connectivity index (χ4n) is 2.55. The van der Waals surface area contributed by atoms with Crippen LogP contribution in [-0.2, 0) is 11.2 Å². The van der Waals surface area contributed by atoms with E-state index in [1.807, 2.05) is 29.2 Å². The minimum atomic E-state index is -0.00787. The number of hydrogen-bond donors (Lipinski definition) is 1. The zero-order valence-corrected chi connectivity index (χ0v) is 12.6. The highest BCUT2D eigenvalue weighted by atomic mass is 16.5. The molecule has 1 heterocycles. The number of rotatable bonds is 3. The first kappa shape index (κ1) is 14.9. The van der Waals surface area contributed by atoms with Gasteiger partial charge in [-0.25, -0.2) is 0 Å². The van der Waals surface area contributed by atoms with Gasteiger partial charge in [0.15, 0.2) is 0 Å². The Morgan fingerprint density at radius 3 is 2.70 bits per heavy atom. The minimum absolute atomic E-state index is 0.00787. The van der Waals surface area contributed by atoms with Crippen LogP contribution in [0.25, 0.3) is 0 Å². The van der Waals surface area contributed by atoms with Crippen molar-refractivity contribution in [2.75, 3.05) is 26.7 Å². The molecule has 0 aromatic heterocycles. The van der Waals surface area contributed by atoms with E-state index in [0.717, 1.165) is 37.4 Å². The molecule has 0 spiro atoms. The van der Waals surface area contributed by atoms with E-state index in [9.17, 15) is 4.79 Å².